The number of nitrogens with two attached hydrogens (primary N) is 2. The molecule has 0 spiro atoms. The largest absolute Gasteiger partial charge is 0.464 e. The molecule has 0 heterocycles. The van der Waals surface area contributed by atoms with Gasteiger partial charge in [0.25, 0.3) is 0 Å². The number of carbonyl (C=O) groups is 5. The van der Waals surface area contributed by atoms with Crippen LogP contribution in [0.15, 0.2) is 0 Å². The van der Waals surface area contributed by atoms with Crippen molar-refractivity contribution < 1.29 is 42.9 Å². The number of carbonyl (C=O) groups excluding carboxylic acids is 5. The van der Waals surface area contributed by atoms with E-state index in [0.717, 1.165) is 51.4 Å². The topological polar surface area (TPSA) is 186 Å². The summed E-state index contributed by atoms with van der Waals surface area (Å²) in [5, 5.41) is 2.61. The van der Waals surface area contributed by atoms with Crippen molar-refractivity contribution in [2.24, 2.45) is 11.5 Å². The number of rotatable bonds is 36. The van der Waals surface area contributed by atoms with Crippen molar-refractivity contribution in [1.82, 2.24) is 5.32 Å². The zero-order chi connectivity index (χ0) is 37.8. The molecule has 51 heavy (non-hydrogen) atoms. The van der Waals surface area contributed by atoms with Gasteiger partial charge in [-0.2, -0.15) is 0 Å². The van der Waals surface area contributed by atoms with Gasteiger partial charge in [0.05, 0.1) is 25.4 Å². The Hall–Kier alpha value is -2.73. The van der Waals surface area contributed by atoms with Gasteiger partial charge < -0.3 is 35.7 Å². The van der Waals surface area contributed by atoms with Crippen molar-refractivity contribution in [2.75, 3.05) is 32.9 Å². The zero-order valence-corrected chi connectivity index (χ0v) is 32.2. The van der Waals surface area contributed by atoms with Crippen LogP contribution in [0.3, 0.4) is 0 Å². The van der Waals surface area contributed by atoms with Crippen LogP contribution in [0.5, 0.6) is 0 Å². The first kappa shape index (κ1) is 48.3. The van der Waals surface area contributed by atoms with E-state index in [0.29, 0.717) is 19.4 Å². The summed E-state index contributed by atoms with van der Waals surface area (Å²) < 4.78 is 21.3. The second-order valence-corrected chi connectivity index (χ2v) is 13.5. The van der Waals surface area contributed by atoms with E-state index in [1.54, 1.807) is 0 Å². The summed E-state index contributed by atoms with van der Waals surface area (Å²) in [5.41, 5.74) is 11.3. The number of ether oxygens (including phenoxy) is 4. The normalized spacial score (nSPS) is 12.2. The Bertz CT molecular complexity index is 903. The van der Waals surface area contributed by atoms with Gasteiger partial charge in [-0.15, -0.1) is 0 Å². The SMILES string of the molecule is CCCCCCCCCCCC(=O)OC[C@@H](COC(=O)CCC(=O)OCCNC(=O)C(N)CCCCN)OC(=O)CCCCCCCCCCC. The maximum atomic E-state index is 12.6. The highest BCUT2D eigenvalue weighted by atomic mass is 16.6. The van der Waals surface area contributed by atoms with E-state index < -0.39 is 30.1 Å². The summed E-state index contributed by atoms with van der Waals surface area (Å²) >= 11 is 0. The second kappa shape index (κ2) is 35.7. The molecule has 12 heteroatoms. The molecule has 0 radical (unpaired) electrons. The molecule has 12 nitrogen and oxygen atoms in total. The van der Waals surface area contributed by atoms with Crippen molar-refractivity contribution in [3.63, 3.8) is 0 Å². The van der Waals surface area contributed by atoms with E-state index in [2.05, 4.69) is 19.2 Å². The number of hydrogen-bond donors (Lipinski definition) is 3. The maximum absolute atomic E-state index is 12.6. The summed E-state index contributed by atoms with van der Waals surface area (Å²) in [6, 6.07) is -0.650. The van der Waals surface area contributed by atoms with E-state index in [9.17, 15) is 24.0 Å². The molecule has 0 saturated carbocycles. The van der Waals surface area contributed by atoms with Crippen molar-refractivity contribution >= 4 is 29.8 Å². The third-order valence-corrected chi connectivity index (χ3v) is 8.63. The van der Waals surface area contributed by atoms with Gasteiger partial charge in [-0.05, 0) is 32.2 Å². The van der Waals surface area contributed by atoms with Crippen LogP contribution in [-0.4, -0.2) is 74.8 Å². The fraction of sp³-hybridized carbons (Fsp3) is 0.872. The average Bonchev–Trinajstić information content (AvgIpc) is 3.12. The molecule has 0 fully saturated rings. The van der Waals surface area contributed by atoms with E-state index in [1.165, 1.54) is 70.6 Å². The van der Waals surface area contributed by atoms with Crippen LogP contribution < -0.4 is 16.8 Å². The molecule has 0 rings (SSSR count). The molecule has 0 aliphatic carbocycles. The Morgan fingerprint density at radius 2 is 0.961 bits per heavy atom. The van der Waals surface area contributed by atoms with Crippen LogP contribution in [0.1, 0.15) is 174 Å². The number of amides is 1. The Kier molecular flexibility index (Phi) is 33.8. The van der Waals surface area contributed by atoms with Crippen molar-refractivity contribution in [3.8, 4) is 0 Å². The number of nitrogens with one attached hydrogen (secondary N) is 1. The van der Waals surface area contributed by atoms with Gasteiger partial charge in [0, 0.05) is 12.8 Å². The fourth-order valence-electron chi connectivity index (χ4n) is 5.42. The lowest BCUT2D eigenvalue weighted by Crippen LogP contribution is -2.42. The van der Waals surface area contributed by atoms with Crippen LogP contribution >= 0.6 is 0 Å². The number of esters is 4. The number of hydrogen-bond acceptors (Lipinski definition) is 11. The van der Waals surface area contributed by atoms with Gasteiger partial charge in [-0.25, -0.2) is 0 Å². The van der Waals surface area contributed by atoms with Crippen molar-refractivity contribution in [2.45, 2.75) is 187 Å². The van der Waals surface area contributed by atoms with Gasteiger partial charge in [0.15, 0.2) is 6.10 Å². The Morgan fingerprint density at radius 1 is 0.529 bits per heavy atom. The molecule has 0 aliphatic heterocycles. The molecule has 0 bridgehead atoms. The minimum absolute atomic E-state index is 0.0590. The molecule has 2 atom stereocenters. The highest BCUT2D eigenvalue weighted by Gasteiger charge is 2.20. The molecule has 0 aromatic rings. The smallest absolute Gasteiger partial charge is 0.306 e. The first-order valence-corrected chi connectivity index (χ1v) is 20.1. The highest BCUT2D eigenvalue weighted by Crippen LogP contribution is 2.13. The van der Waals surface area contributed by atoms with Gasteiger partial charge in [-0.1, -0.05) is 123 Å². The first-order chi connectivity index (χ1) is 24.7. The van der Waals surface area contributed by atoms with E-state index >= 15 is 0 Å². The minimum Gasteiger partial charge on any atom is -0.464 e. The quantitative estimate of drug-likeness (QED) is 0.0353. The summed E-state index contributed by atoms with van der Waals surface area (Å²) in [4.78, 5) is 61.4. The lowest BCUT2D eigenvalue weighted by atomic mass is 10.1. The van der Waals surface area contributed by atoms with Gasteiger partial charge in [0.1, 0.15) is 19.8 Å². The molecule has 0 aliphatic rings. The first-order valence-electron chi connectivity index (χ1n) is 20.1. The summed E-state index contributed by atoms with van der Waals surface area (Å²) in [5.74, 6) is -2.44. The predicted molar refractivity (Wildman–Crippen MR) is 200 cm³/mol. The zero-order valence-electron chi connectivity index (χ0n) is 32.2. The Morgan fingerprint density at radius 3 is 1.45 bits per heavy atom. The van der Waals surface area contributed by atoms with Gasteiger partial charge in [0.2, 0.25) is 5.91 Å². The van der Waals surface area contributed by atoms with Crippen LogP contribution in [0.2, 0.25) is 0 Å². The molecule has 0 saturated heterocycles. The Balaban J connectivity index is 4.53. The molecular formula is C39H73N3O9. The molecule has 298 valence electrons. The number of unbranched alkanes of at least 4 members (excludes halogenated alkanes) is 17. The minimum atomic E-state index is -0.940. The Labute approximate surface area is 308 Å². The molecule has 5 N–H and O–H groups in total. The van der Waals surface area contributed by atoms with Gasteiger partial charge >= 0.3 is 23.9 Å². The fourth-order valence-corrected chi connectivity index (χ4v) is 5.42. The van der Waals surface area contributed by atoms with Crippen molar-refractivity contribution in [3.05, 3.63) is 0 Å². The van der Waals surface area contributed by atoms with E-state index in [-0.39, 0.29) is 63.9 Å². The van der Waals surface area contributed by atoms with E-state index in [4.69, 9.17) is 30.4 Å². The standard InChI is InChI=1S/C39H73N3O9/c1-3-5-7-9-11-13-15-17-19-24-35(43)49-31-33(51-38(46)25-20-18-16-14-12-10-8-6-4-2)32-50-37(45)27-26-36(44)48-30-29-42-39(47)34(41)23-21-22-28-40/h33-34H,3-32,40-41H2,1-2H3,(H,42,47)/t33-,34?/m0/s1. The third kappa shape index (κ3) is 32.9. The predicted octanol–water partition coefficient (Wildman–Crippen LogP) is 6.72. The van der Waals surface area contributed by atoms with Crippen molar-refractivity contribution in [1.29, 1.82) is 0 Å². The molecule has 1 amide bonds. The van der Waals surface area contributed by atoms with Crippen LogP contribution in [-0.2, 0) is 42.9 Å². The van der Waals surface area contributed by atoms with E-state index in [1.807, 2.05) is 0 Å². The lowest BCUT2D eigenvalue weighted by Gasteiger charge is -2.18. The third-order valence-electron chi connectivity index (χ3n) is 8.63. The lowest BCUT2D eigenvalue weighted by molar-refractivity contribution is -0.167. The van der Waals surface area contributed by atoms with Crippen LogP contribution in [0.25, 0.3) is 0 Å². The summed E-state index contributed by atoms with van der Waals surface area (Å²) in [7, 11) is 0. The van der Waals surface area contributed by atoms with Crippen LogP contribution in [0.4, 0.5) is 0 Å². The second-order valence-electron chi connectivity index (χ2n) is 13.5. The molecule has 1 unspecified atom stereocenters. The van der Waals surface area contributed by atoms with Crippen LogP contribution in [0, 0.1) is 0 Å². The van der Waals surface area contributed by atoms with Gasteiger partial charge in [-0.3, -0.25) is 24.0 Å². The highest BCUT2D eigenvalue weighted by molar-refractivity contribution is 5.81. The summed E-state index contributed by atoms with van der Waals surface area (Å²) in [6.45, 7) is 4.49. The molecule has 0 aromatic heterocycles. The average molecular weight is 728 g/mol. The monoisotopic (exact) mass is 728 g/mol. The molecule has 0 aromatic carbocycles. The molecular weight excluding hydrogens is 654 g/mol. The summed E-state index contributed by atoms with van der Waals surface area (Å²) in [6.07, 6.45) is 21.5. The maximum Gasteiger partial charge on any atom is 0.306 e.